The molecule has 140 valence electrons. The molecule has 3 unspecified atom stereocenters. The smallest absolute Gasteiger partial charge is 0.159 e. The molecule has 1 heterocycles. The molecule has 26 heavy (non-hydrogen) atoms. The van der Waals surface area contributed by atoms with Crippen LogP contribution in [0.1, 0.15) is 51.3 Å². The summed E-state index contributed by atoms with van der Waals surface area (Å²) >= 11 is 0. The van der Waals surface area contributed by atoms with Crippen LogP contribution in [0.4, 0.5) is 0 Å². The molecule has 1 N–H and O–H groups in total. The predicted octanol–water partition coefficient (Wildman–Crippen LogP) is 3.67. The lowest BCUT2D eigenvalue weighted by Gasteiger charge is -2.41. The van der Waals surface area contributed by atoms with Crippen molar-refractivity contribution in [3.63, 3.8) is 0 Å². The Balaban J connectivity index is 1.47. The molecule has 3 aliphatic rings. The van der Waals surface area contributed by atoms with Crippen molar-refractivity contribution in [2.75, 3.05) is 6.61 Å². The van der Waals surface area contributed by atoms with Crippen LogP contribution in [0.5, 0.6) is 5.75 Å². The number of carbonyl (C=O) groups excluding carboxylic acids is 1. The van der Waals surface area contributed by atoms with Gasteiger partial charge < -0.3 is 9.84 Å². The third-order valence-electron chi connectivity index (χ3n) is 6.30. The molecule has 0 aliphatic heterocycles. The van der Waals surface area contributed by atoms with Gasteiger partial charge in [0.05, 0.1) is 18.4 Å². The van der Waals surface area contributed by atoms with Crippen molar-refractivity contribution >= 4 is 11.9 Å². The second-order valence-electron chi connectivity index (χ2n) is 9.11. The van der Waals surface area contributed by atoms with E-state index >= 15 is 0 Å². The van der Waals surface area contributed by atoms with E-state index in [9.17, 15) is 9.90 Å². The van der Waals surface area contributed by atoms with Crippen molar-refractivity contribution < 1.29 is 14.6 Å². The zero-order chi connectivity index (χ0) is 18.5. The van der Waals surface area contributed by atoms with Crippen molar-refractivity contribution in [2.24, 2.45) is 29.6 Å². The number of allylic oxidation sites excluding steroid dienone is 1. The molecule has 0 spiro atoms. The first-order chi connectivity index (χ1) is 12.3. The number of hydrogen-bond donors (Lipinski definition) is 1. The highest BCUT2D eigenvalue weighted by Gasteiger charge is 2.61. The minimum Gasteiger partial charge on any atom is -0.492 e. The predicted molar refractivity (Wildman–Crippen MR) is 101 cm³/mol. The number of fused-ring (bicyclic) bond motifs is 2. The van der Waals surface area contributed by atoms with E-state index in [2.05, 4.69) is 18.8 Å². The molecule has 0 saturated heterocycles. The topological polar surface area (TPSA) is 59.4 Å². The lowest BCUT2D eigenvalue weighted by atomic mass is 9.69. The average molecular weight is 355 g/mol. The van der Waals surface area contributed by atoms with E-state index in [0.717, 1.165) is 42.7 Å². The van der Waals surface area contributed by atoms with Gasteiger partial charge in [-0.25, -0.2) is 0 Å². The fourth-order valence-electron chi connectivity index (χ4n) is 4.85. The fraction of sp³-hybridized carbons (Fsp3) is 0.636. The summed E-state index contributed by atoms with van der Waals surface area (Å²) in [4.78, 5) is 17.2. The van der Waals surface area contributed by atoms with Crippen molar-refractivity contribution in [1.82, 2.24) is 4.98 Å². The molecule has 3 aliphatic carbocycles. The SMILES string of the molecule is CC(C)CCOc1cnc2c(c1)/C=C\C(=O)C1C(C2)C1[C@H]1C[C@](C)(O)C1. The Labute approximate surface area is 155 Å². The normalized spacial score (nSPS) is 36.4. The Hall–Kier alpha value is -1.68. The fourth-order valence-corrected chi connectivity index (χ4v) is 4.85. The van der Waals surface area contributed by atoms with Gasteiger partial charge in [0.25, 0.3) is 0 Å². The Bertz CT molecular complexity index is 729. The van der Waals surface area contributed by atoms with Crippen LogP contribution in [0.15, 0.2) is 18.3 Å². The summed E-state index contributed by atoms with van der Waals surface area (Å²) in [6.45, 7) is 6.95. The van der Waals surface area contributed by atoms with Gasteiger partial charge in [-0.1, -0.05) is 13.8 Å². The number of pyridine rings is 1. The minimum absolute atomic E-state index is 0.129. The van der Waals surface area contributed by atoms with Gasteiger partial charge >= 0.3 is 0 Å². The van der Waals surface area contributed by atoms with Gasteiger partial charge in [-0.15, -0.1) is 0 Å². The van der Waals surface area contributed by atoms with Gasteiger partial charge in [-0.3, -0.25) is 9.78 Å². The van der Waals surface area contributed by atoms with Crippen LogP contribution in [0, 0.1) is 29.6 Å². The van der Waals surface area contributed by atoms with Crippen molar-refractivity contribution in [3.8, 4) is 5.75 Å². The zero-order valence-corrected chi connectivity index (χ0v) is 15.9. The summed E-state index contributed by atoms with van der Waals surface area (Å²) in [6, 6.07) is 2.01. The summed E-state index contributed by atoms with van der Waals surface area (Å²) in [5.41, 5.74) is 1.54. The maximum atomic E-state index is 12.6. The largest absolute Gasteiger partial charge is 0.492 e. The van der Waals surface area contributed by atoms with Crippen LogP contribution < -0.4 is 4.74 Å². The second kappa shape index (κ2) is 6.49. The van der Waals surface area contributed by atoms with E-state index in [1.165, 1.54) is 0 Å². The van der Waals surface area contributed by atoms with Gasteiger partial charge in [0.1, 0.15) is 5.75 Å². The molecular weight excluding hydrogens is 326 g/mol. The molecule has 3 atom stereocenters. The third kappa shape index (κ3) is 3.44. The van der Waals surface area contributed by atoms with E-state index < -0.39 is 5.60 Å². The van der Waals surface area contributed by atoms with Gasteiger partial charge in [0, 0.05) is 11.6 Å². The quantitative estimate of drug-likeness (QED) is 0.875. The summed E-state index contributed by atoms with van der Waals surface area (Å²) < 4.78 is 5.82. The van der Waals surface area contributed by atoms with Crippen molar-refractivity contribution in [2.45, 2.75) is 52.1 Å². The highest BCUT2D eigenvalue weighted by Crippen LogP contribution is 2.60. The van der Waals surface area contributed by atoms with Crippen LogP contribution in [0.3, 0.4) is 0 Å². The van der Waals surface area contributed by atoms with Crippen LogP contribution in [-0.2, 0) is 11.2 Å². The first-order valence-corrected chi connectivity index (χ1v) is 9.90. The zero-order valence-electron chi connectivity index (χ0n) is 15.9. The first kappa shape index (κ1) is 17.7. The molecule has 1 aromatic rings. The van der Waals surface area contributed by atoms with E-state index in [-0.39, 0.29) is 11.7 Å². The van der Waals surface area contributed by atoms with E-state index in [1.807, 2.05) is 25.3 Å². The highest BCUT2D eigenvalue weighted by molar-refractivity contribution is 5.98. The molecule has 1 aromatic heterocycles. The van der Waals surface area contributed by atoms with E-state index in [0.29, 0.717) is 30.3 Å². The first-order valence-electron chi connectivity index (χ1n) is 9.90. The summed E-state index contributed by atoms with van der Waals surface area (Å²) in [5, 5.41) is 10.0. The molecule has 0 amide bonds. The van der Waals surface area contributed by atoms with E-state index in [4.69, 9.17) is 4.74 Å². The summed E-state index contributed by atoms with van der Waals surface area (Å²) in [6.07, 6.45) is 8.97. The van der Waals surface area contributed by atoms with Crippen LogP contribution >= 0.6 is 0 Å². The Morgan fingerprint density at radius 2 is 2.12 bits per heavy atom. The van der Waals surface area contributed by atoms with Gasteiger partial charge in [-0.05, 0) is 80.1 Å². The lowest BCUT2D eigenvalue weighted by molar-refractivity contribution is -0.117. The number of carbonyl (C=O) groups is 1. The second-order valence-corrected chi connectivity index (χ2v) is 9.11. The number of rotatable bonds is 5. The van der Waals surface area contributed by atoms with Gasteiger partial charge in [0.15, 0.2) is 5.78 Å². The maximum Gasteiger partial charge on any atom is 0.159 e. The number of hydrogen-bond acceptors (Lipinski definition) is 4. The Kier molecular flexibility index (Phi) is 4.42. The van der Waals surface area contributed by atoms with E-state index in [1.54, 1.807) is 6.08 Å². The molecule has 4 nitrogen and oxygen atoms in total. The number of ketones is 1. The number of nitrogens with zero attached hydrogens (tertiary/aromatic N) is 1. The van der Waals surface area contributed by atoms with Crippen LogP contribution in [0.25, 0.3) is 6.08 Å². The molecule has 0 bridgehead atoms. The minimum atomic E-state index is -0.528. The molecule has 2 saturated carbocycles. The number of aromatic nitrogens is 1. The molecule has 4 heteroatoms. The summed E-state index contributed by atoms with van der Waals surface area (Å²) in [5.74, 6) is 3.04. The Morgan fingerprint density at radius 1 is 1.35 bits per heavy atom. The van der Waals surface area contributed by atoms with Gasteiger partial charge in [-0.2, -0.15) is 0 Å². The number of aliphatic hydroxyl groups is 1. The van der Waals surface area contributed by atoms with Gasteiger partial charge in [0.2, 0.25) is 0 Å². The Morgan fingerprint density at radius 3 is 2.81 bits per heavy atom. The highest BCUT2D eigenvalue weighted by atomic mass is 16.5. The lowest BCUT2D eigenvalue weighted by Crippen LogP contribution is -2.42. The monoisotopic (exact) mass is 355 g/mol. The molecule has 4 rings (SSSR count). The maximum absolute atomic E-state index is 12.6. The number of ether oxygens (including phenoxy) is 1. The molecule has 2 fully saturated rings. The molecule has 0 aromatic carbocycles. The summed E-state index contributed by atoms with van der Waals surface area (Å²) in [7, 11) is 0. The van der Waals surface area contributed by atoms with Crippen LogP contribution in [0.2, 0.25) is 0 Å². The standard InChI is InChI=1S/C22H29NO3/c1-13(2)6-7-26-16-8-14-4-5-19(24)21-17(9-18(14)23-12-16)20(21)15-10-22(3,25)11-15/h4-5,8,12-13,15,17,20-21,25H,6-7,9-11H2,1-3H3/b5-4-/t15-,17?,20?,21?,22-. The van der Waals surface area contributed by atoms with Crippen molar-refractivity contribution in [3.05, 3.63) is 29.6 Å². The average Bonchev–Trinajstić information content (AvgIpc) is 3.23. The molecular formula is C22H29NO3. The third-order valence-corrected chi connectivity index (χ3v) is 6.30. The van der Waals surface area contributed by atoms with Crippen molar-refractivity contribution in [1.29, 1.82) is 0 Å². The molecule has 0 radical (unpaired) electrons. The van der Waals surface area contributed by atoms with Crippen LogP contribution in [-0.4, -0.2) is 28.1 Å².